The van der Waals surface area contributed by atoms with E-state index >= 15 is 0 Å². The van der Waals surface area contributed by atoms with Gasteiger partial charge in [0.1, 0.15) is 11.6 Å². The molecule has 5 heteroatoms. The van der Waals surface area contributed by atoms with Crippen molar-refractivity contribution in [3.8, 4) is 0 Å². The van der Waals surface area contributed by atoms with E-state index in [1.165, 1.54) is 24.3 Å². The lowest BCUT2D eigenvalue weighted by Crippen LogP contribution is -2.08. The molecule has 0 spiro atoms. The first-order valence-electron chi connectivity index (χ1n) is 6.30. The molecule has 0 unspecified atom stereocenters. The Morgan fingerprint density at radius 1 is 1.19 bits per heavy atom. The number of benzene rings is 2. The van der Waals surface area contributed by atoms with Crippen molar-refractivity contribution < 1.29 is 13.6 Å². The van der Waals surface area contributed by atoms with Gasteiger partial charge in [-0.15, -0.1) is 0 Å². The second-order valence-electron chi connectivity index (χ2n) is 4.37. The fourth-order valence-electron chi connectivity index (χ4n) is 1.77. The maximum atomic E-state index is 13.9. The summed E-state index contributed by atoms with van der Waals surface area (Å²) < 4.78 is 26.9. The SMILES string of the molecule is C=CC(=O)Nc1ccc(NCc2cccc(F)c2)c(F)c1. The van der Waals surface area contributed by atoms with E-state index in [1.807, 2.05) is 0 Å². The largest absolute Gasteiger partial charge is 0.379 e. The average molecular weight is 288 g/mol. The molecular formula is C16H14F2N2O. The van der Waals surface area contributed by atoms with Crippen LogP contribution in [0, 0.1) is 11.6 Å². The molecule has 3 nitrogen and oxygen atoms in total. The number of rotatable bonds is 5. The number of nitrogens with one attached hydrogen (secondary N) is 2. The van der Waals surface area contributed by atoms with Crippen molar-refractivity contribution in [1.82, 2.24) is 0 Å². The lowest BCUT2D eigenvalue weighted by atomic mass is 10.2. The summed E-state index contributed by atoms with van der Waals surface area (Å²) >= 11 is 0. The smallest absolute Gasteiger partial charge is 0.247 e. The van der Waals surface area contributed by atoms with Gasteiger partial charge in [-0.25, -0.2) is 8.78 Å². The summed E-state index contributed by atoms with van der Waals surface area (Å²) in [4.78, 5) is 11.1. The molecule has 0 fully saturated rings. The van der Waals surface area contributed by atoms with Gasteiger partial charge in [0.2, 0.25) is 5.91 Å². The maximum absolute atomic E-state index is 13.9. The topological polar surface area (TPSA) is 41.1 Å². The maximum Gasteiger partial charge on any atom is 0.247 e. The second kappa shape index (κ2) is 6.65. The first-order chi connectivity index (χ1) is 10.1. The number of halogens is 2. The Kier molecular flexibility index (Phi) is 4.66. The normalized spacial score (nSPS) is 10.0. The molecule has 108 valence electrons. The Bertz CT molecular complexity index is 671. The van der Waals surface area contributed by atoms with Crippen LogP contribution in [0.25, 0.3) is 0 Å². The first-order valence-corrected chi connectivity index (χ1v) is 6.30. The Balaban J connectivity index is 2.04. The standard InChI is InChI=1S/C16H14F2N2O/c1-2-16(21)20-13-6-7-15(14(18)9-13)19-10-11-4-3-5-12(17)8-11/h2-9,19H,1,10H2,(H,20,21). The quantitative estimate of drug-likeness (QED) is 0.824. The fraction of sp³-hybridized carbons (Fsp3) is 0.0625. The monoisotopic (exact) mass is 288 g/mol. The zero-order valence-electron chi connectivity index (χ0n) is 11.2. The summed E-state index contributed by atoms with van der Waals surface area (Å²) in [6.07, 6.45) is 1.11. The number of carbonyl (C=O) groups excluding carboxylic acids is 1. The van der Waals surface area contributed by atoms with Crippen molar-refractivity contribution in [2.45, 2.75) is 6.54 Å². The van der Waals surface area contributed by atoms with Crippen LogP contribution >= 0.6 is 0 Å². The molecule has 0 heterocycles. The van der Waals surface area contributed by atoms with Crippen molar-refractivity contribution in [3.05, 3.63) is 72.3 Å². The number of hydrogen-bond donors (Lipinski definition) is 2. The van der Waals surface area contributed by atoms with E-state index in [1.54, 1.807) is 18.2 Å². The van der Waals surface area contributed by atoms with Crippen LogP contribution in [0.4, 0.5) is 20.2 Å². The summed E-state index contributed by atoms with van der Waals surface area (Å²) in [5.74, 6) is -1.25. The van der Waals surface area contributed by atoms with Gasteiger partial charge in [0, 0.05) is 12.2 Å². The van der Waals surface area contributed by atoms with Crippen LogP contribution in [0.3, 0.4) is 0 Å². The van der Waals surface area contributed by atoms with Crippen LogP contribution in [0.5, 0.6) is 0 Å². The zero-order valence-corrected chi connectivity index (χ0v) is 11.2. The van der Waals surface area contributed by atoms with E-state index in [2.05, 4.69) is 17.2 Å². The molecule has 0 aliphatic rings. The highest BCUT2D eigenvalue weighted by Gasteiger charge is 2.05. The van der Waals surface area contributed by atoms with Gasteiger partial charge < -0.3 is 10.6 Å². The van der Waals surface area contributed by atoms with Crippen LogP contribution in [0.15, 0.2) is 55.1 Å². The Hall–Kier alpha value is -2.69. The van der Waals surface area contributed by atoms with Gasteiger partial charge in [-0.1, -0.05) is 18.7 Å². The number of hydrogen-bond acceptors (Lipinski definition) is 2. The number of anilines is 2. The summed E-state index contributed by atoms with van der Waals surface area (Å²) in [6, 6.07) is 10.3. The van der Waals surface area contributed by atoms with Crippen molar-refractivity contribution in [2.75, 3.05) is 10.6 Å². The molecule has 0 aliphatic heterocycles. The van der Waals surface area contributed by atoms with Crippen LogP contribution in [0.2, 0.25) is 0 Å². The summed E-state index contributed by atoms with van der Waals surface area (Å²) in [6.45, 7) is 3.62. The van der Waals surface area contributed by atoms with Crippen LogP contribution in [0.1, 0.15) is 5.56 Å². The van der Waals surface area contributed by atoms with E-state index in [9.17, 15) is 13.6 Å². The van der Waals surface area contributed by atoms with E-state index in [-0.39, 0.29) is 11.5 Å². The van der Waals surface area contributed by atoms with E-state index in [0.717, 1.165) is 6.08 Å². The molecule has 2 aromatic carbocycles. The van der Waals surface area contributed by atoms with Crippen molar-refractivity contribution in [3.63, 3.8) is 0 Å². The first kappa shape index (κ1) is 14.7. The molecular weight excluding hydrogens is 274 g/mol. The highest BCUT2D eigenvalue weighted by molar-refractivity contribution is 5.98. The molecule has 1 amide bonds. The van der Waals surface area contributed by atoms with Gasteiger partial charge in [-0.3, -0.25) is 4.79 Å². The van der Waals surface area contributed by atoms with Crippen LogP contribution < -0.4 is 10.6 Å². The molecule has 2 rings (SSSR count). The molecule has 2 N–H and O–H groups in total. The third kappa shape index (κ3) is 4.14. The minimum atomic E-state index is -0.506. The molecule has 0 radical (unpaired) electrons. The van der Waals surface area contributed by atoms with Crippen molar-refractivity contribution >= 4 is 17.3 Å². The summed E-state index contributed by atoms with van der Waals surface area (Å²) in [5, 5.41) is 5.34. The molecule has 0 saturated carbocycles. The number of amides is 1. The van der Waals surface area contributed by atoms with Crippen LogP contribution in [-0.2, 0) is 11.3 Å². The molecule has 21 heavy (non-hydrogen) atoms. The summed E-state index contributed by atoms with van der Waals surface area (Å²) in [5.41, 5.74) is 1.32. The highest BCUT2D eigenvalue weighted by atomic mass is 19.1. The third-order valence-corrected chi connectivity index (χ3v) is 2.79. The van der Waals surface area contributed by atoms with E-state index in [4.69, 9.17) is 0 Å². The minimum absolute atomic E-state index is 0.274. The molecule has 0 saturated heterocycles. The van der Waals surface area contributed by atoms with Gasteiger partial charge >= 0.3 is 0 Å². The van der Waals surface area contributed by atoms with Gasteiger partial charge in [-0.05, 0) is 42.0 Å². The highest BCUT2D eigenvalue weighted by Crippen LogP contribution is 2.20. The van der Waals surface area contributed by atoms with Crippen LogP contribution in [-0.4, -0.2) is 5.91 Å². The molecule has 2 aromatic rings. The van der Waals surface area contributed by atoms with Crippen molar-refractivity contribution in [2.24, 2.45) is 0 Å². The minimum Gasteiger partial charge on any atom is -0.379 e. The van der Waals surface area contributed by atoms with Gasteiger partial charge in [0.05, 0.1) is 5.69 Å². The Morgan fingerprint density at radius 3 is 2.67 bits per heavy atom. The predicted octanol–water partition coefficient (Wildman–Crippen LogP) is 3.70. The Morgan fingerprint density at radius 2 is 2.00 bits per heavy atom. The van der Waals surface area contributed by atoms with Crippen molar-refractivity contribution in [1.29, 1.82) is 0 Å². The van der Waals surface area contributed by atoms with Gasteiger partial charge in [0.25, 0.3) is 0 Å². The molecule has 0 bridgehead atoms. The third-order valence-electron chi connectivity index (χ3n) is 2.79. The average Bonchev–Trinajstić information content (AvgIpc) is 2.46. The van der Waals surface area contributed by atoms with E-state index in [0.29, 0.717) is 17.8 Å². The zero-order chi connectivity index (χ0) is 15.2. The fourth-order valence-corrected chi connectivity index (χ4v) is 1.77. The van der Waals surface area contributed by atoms with Gasteiger partial charge in [0.15, 0.2) is 0 Å². The molecule has 0 aromatic heterocycles. The van der Waals surface area contributed by atoms with Gasteiger partial charge in [-0.2, -0.15) is 0 Å². The molecule has 0 atom stereocenters. The second-order valence-corrected chi connectivity index (χ2v) is 4.37. The predicted molar refractivity (Wildman–Crippen MR) is 79.0 cm³/mol. The van der Waals surface area contributed by atoms with E-state index < -0.39 is 11.7 Å². The Labute approximate surface area is 121 Å². The summed E-state index contributed by atoms with van der Waals surface area (Å²) in [7, 11) is 0. The molecule has 0 aliphatic carbocycles. The number of carbonyl (C=O) groups is 1. The lowest BCUT2D eigenvalue weighted by Gasteiger charge is -2.09. The lowest BCUT2D eigenvalue weighted by molar-refractivity contribution is -0.111.